The minimum atomic E-state index is -3.90. The highest BCUT2D eigenvalue weighted by molar-refractivity contribution is 7.92. The normalized spacial score (nSPS) is 14.6. The molecule has 2 aromatic rings. The Morgan fingerprint density at radius 3 is 2.41 bits per heavy atom. The van der Waals surface area contributed by atoms with Crippen LogP contribution in [0.1, 0.15) is 38.2 Å². The minimum Gasteiger partial charge on any atom is -0.497 e. The van der Waals surface area contributed by atoms with Crippen molar-refractivity contribution >= 4 is 39.1 Å². The maximum Gasteiger partial charge on any atom is 0.244 e. The molecule has 1 aliphatic carbocycles. The molecule has 2 amide bonds. The van der Waals surface area contributed by atoms with Crippen LogP contribution in [0, 0.1) is 0 Å². The van der Waals surface area contributed by atoms with Gasteiger partial charge in [-0.15, -0.1) is 0 Å². The first-order valence-electron chi connectivity index (χ1n) is 12.1. The predicted octanol–water partition coefficient (Wildman–Crippen LogP) is 3.60. The van der Waals surface area contributed by atoms with Crippen LogP contribution in [0.2, 0.25) is 5.02 Å². The Morgan fingerprint density at radius 1 is 1.11 bits per heavy atom. The summed E-state index contributed by atoms with van der Waals surface area (Å²) in [6.45, 7) is 1.20. The van der Waals surface area contributed by atoms with Crippen LogP contribution in [0.25, 0.3) is 0 Å². The molecular weight excluding hydrogens is 518 g/mol. The van der Waals surface area contributed by atoms with Crippen LogP contribution in [-0.2, 0) is 26.2 Å². The number of methoxy groups -OCH3 is 2. The SMILES string of the molecule is COc1ccc(N(CC(=O)N(Cc2cccc(Cl)c2)[C@@H](C)C(=O)NC2CCCC2)S(C)(=O)=O)c(OC)c1. The topological polar surface area (TPSA) is 105 Å². The Morgan fingerprint density at radius 2 is 1.81 bits per heavy atom. The summed E-state index contributed by atoms with van der Waals surface area (Å²) in [5, 5.41) is 3.53. The molecule has 9 nitrogen and oxygen atoms in total. The molecule has 1 aliphatic rings. The molecule has 0 radical (unpaired) electrons. The van der Waals surface area contributed by atoms with Crippen LogP contribution in [0.3, 0.4) is 0 Å². The Balaban J connectivity index is 1.93. The number of nitrogens with one attached hydrogen (secondary N) is 1. The van der Waals surface area contributed by atoms with E-state index in [0.29, 0.717) is 16.3 Å². The van der Waals surface area contributed by atoms with Gasteiger partial charge in [0.05, 0.1) is 26.2 Å². The molecule has 37 heavy (non-hydrogen) atoms. The summed E-state index contributed by atoms with van der Waals surface area (Å²) >= 11 is 6.15. The third kappa shape index (κ3) is 7.52. The van der Waals surface area contributed by atoms with Crippen LogP contribution in [0.5, 0.6) is 11.5 Å². The molecule has 0 spiro atoms. The van der Waals surface area contributed by atoms with Crippen LogP contribution in [0.4, 0.5) is 5.69 Å². The molecule has 0 unspecified atom stereocenters. The van der Waals surface area contributed by atoms with Gasteiger partial charge in [-0.3, -0.25) is 13.9 Å². The fourth-order valence-corrected chi connectivity index (χ4v) is 5.46. The fourth-order valence-electron chi connectivity index (χ4n) is 4.39. The van der Waals surface area contributed by atoms with Gasteiger partial charge >= 0.3 is 0 Å². The molecule has 2 aromatic carbocycles. The van der Waals surface area contributed by atoms with E-state index in [1.54, 1.807) is 43.3 Å². The van der Waals surface area contributed by atoms with E-state index in [-0.39, 0.29) is 29.9 Å². The van der Waals surface area contributed by atoms with Gasteiger partial charge in [-0.2, -0.15) is 0 Å². The van der Waals surface area contributed by atoms with Gasteiger partial charge in [-0.1, -0.05) is 36.6 Å². The zero-order valence-corrected chi connectivity index (χ0v) is 23.1. The van der Waals surface area contributed by atoms with Crippen molar-refractivity contribution in [1.82, 2.24) is 10.2 Å². The van der Waals surface area contributed by atoms with Crippen molar-refractivity contribution in [3.05, 3.63) is 53.1 Å². The van der Waals surface area contributed by atoms with E-state index in [4.69, 9.17) is 21.1 Å². The summed E-state index contributed by atoms with van der Waals surface area (Å²) < 4.78 is 37.2. The number of nitrogens with zero attached hydrogens (tertiary/aromatic N) is 2. The van der Waals surface area contributed by atoms with E-state index >= 15 is 0 Å². The molecule has 1 saturated carbocycles. The maximum atomic E-state index is 13.7. The summed E-state index contributed by atoms with van der Waals surface area (Å²) in [7, 11) is -1.01. The molecule has 0 aliphatic heterocycles. The van der Waals surface area contributed by atoms with Crippen LogP contribution >= 0.6 is 11.6 Å². The minimum absolute atomic E-state index is 0.0779. The molecule has 3 rings (SSSR count). The van der Waals surface area contributed by atoms with E-state index in [1.807, 2.05) is 0 Å². The lowest BCUT2D eigenvalue weighted by Crippen LogP contribution is -2.52. The molecule has 1 N–H and O–H groups in total. The number of sulfonamides is 1. The Kier molecular flexibility index (Phi) is 9.67. The molecule has 1 fully saturated rings. The predicted molar refractivity (Wildman–Crippen MR) is 144 cm³/mol. The number of benzene rings is 2. The lowest BCUT2D eigenvalue weighted by molar-refractivity contribution is -0.139. The van der Waals surface area contributed by atoms with Crippen molar-refractivity contribution in [3.8, 4) is 11.5 Å². The van der Waals surface area contributed by atoms with Crippen molar-refractivity contribution < 1.29 is 27.5 Å². The fraction of sp³-hybridized carbons (Fsp3) is 0.462. The van der Waals surface area contributed by atoms with Gasteiger partial charge in [0.1, 0.15) is 24.1 Å². The summed E-state index contributed by atoms with van der Waals surface area (Å²) in [5.41, 5.74) is 0.902. The summed E-state index contributed by atoms with van der Waals surface area (Å²) in [5.74, 6) is -0.126. The van der Waals surface area contributed by atoms with Gasteiger partial charge < -0.3 is 19.7 Å². The van der Waals surface area contributed by atoms with E-state index in [9.17, 15) is 18.0 Å². The Bertz CT molecular complexity index is 1220. The number of carbonyl (C=O) groups is 2. The van der Waals surface area contributed by atoms with Crippen LogP contribution < -0.4 is 19.1 Å². The molecular formula is C26H34ClN3O6S. The number of rotatable bonds is 11. The van der Waals surface area contributed by atoms with Gasteiger partial charge in [-0.25, -0.2) is 8.42 Å². The van der Waals surface area contributed by atoms with Gasteiger partial charge in [0.2, 0.25) is 21.8 Å². The highest BCUT2D eigenvalue weighted by atomic mass is 35.5. The monoisotopic (exact) mass is 551 g/mol. The third-order valence-electron chi connectivity index (χ3n) is 6.45. The largest absolute Gasteiger partial charge is 0.497 e. The van der Waals surface area contributed by atoms with Gasteiger partial charge in [-0.05, 0) is 49.6 Å². The quantitative estimate of drug-likeness (QED) is 0.457. The number of ether oxygens (including phenoxy) is 2. The number of hydrogen-bond donors (Lipinski definition) is 1. The highest BCUT2D eigenvalue weighted by Gasteiger charge is 2.32. The van der Waals surface area contributed by atoms with Crippen molar-refractivity contribution in [2.45, 2.75) is 51.2 Å². The number of anilines is 1. The number of amides is 2. The number of hydrogen-bond acceptors (Lipinski definition) is 6. The molecule has 11 heteroatoms. The smallest absolute Gasteiger partial charge is 0.244 e. The molecule has 0 bridgehead atoms. The zero-order valence-electron chi connectivity index (χ0n) is 21.6. The lowest BCUT2D eigenvalue weighted by atomic mass is 10.1. The highest BCUT2D eigenvalue weighted by Crippen LogP contribution is 2.33. The van der Waals surface area contributed by atoms with Gasteiger partial charge in [0.25, 0.3) is 0 Å². The first-order valence-corrected chi connectivity index (χ1v) is 14.3. The van der Waals surface area contributed by atoms with E-state index in [1.165, 1.54) is 25.2 Å². The van der Waals surface area contributed by atoms with E-state index < -0.39 is 28.5 Å². The molecule has 0 heterocycles. The first-order chi connectivity index (χ1) is 17.5. The number of halogens is 1. The molecule has 0 aromatic heterocycles. The summed E-state index contributed by atoms with van der Waals surface area (Å²) in [6, 6.07) is 10.9. The van der Waals surface area contributed by atoms with Crippen LogP contribution in [-0.4, -0.2) is 64.2 Å². The third-order valence-corrected chi connectivity index (χ3v) is 7.81. The Labute approximate surface area is 223 Å². The standard InChI is InChI=1S/C26H34ClN3O6S/c1-18(26(32)28-21-10-5-6-11-21)29(16-19-8-7-9-20(27)14-19)25(31)17-30(37(4,33)34)23-13-12-22(35-2)15-24(23)36-3/h7-9,12-15,18,21H,5-6,10-11,16-17H2,1-4H3,(H,28,32)/t18-/m0/s1. The average Bonchev–Trinajstić information content (AvgIpc) is 3.37. The van der Waals surface area contributed by atoms with Gasteiger partial charge in [0, 0.05) is 23.7 Å². The second-order valence-electron chi connectivity index (χ2n) is 9.12. The Hall–Kier alpha value is -2.98. The second-order valence-corrected chi connectivity index (χ2v) is 11.5. The van der Waals surface area contributed by atoms with E-state index in [2.05, 4.69) is 5.32 Å². The van der Waals surface area contributed by atoms with Crippen LogP contribution in [0.15, 0.2) is 42.5 Å². The van der Waals surface area contributed by atoms with Gasteiger partial charge in [0.15, 0.2) is 0 Å². The van der Waals surface area contributed by atoms with Crippen molar-refractivity contribution in [3.63, 3.8) is 0 Å². The van der Waals surface area contributed by atoms with Crippen molar-refractivity contribution in [1.29, 1.82) is 0 Å². The first kappa shape index (κ1) is 28.6. The second kappa shape index (κ2) is 12.5. The molecule has 1 atom stereocenters. The van der Waals surface area contributed by atoms with Crippen molar-refractivity contribution in [2.24, 2.45) is 0 Å². The van der Waals surface area contributed by atoms with E-state index in [0.717, 1.165) is 36.2 Å². The average molecular weight is 552 g/mol. The molecule has 202 valence electrons. The summed E-state index contributed by atoms with van der Waals surface area (Å²) in [4.78, 5) is 28.2. The lowest BCUT2D eigenvalue weighted by Gasteiger charge is -2.32. The maximum absolute atomic E-state index is 13.7. The number of carbonyl (C=O) groups excluding carboxylic acids is 2. The van der Waals surface area contributed by atoms with Crippen molar-refractivity contribution in [2.75, 3.05) is 31.3 Å². The summed E-state index contributed by atoms with van der Waals surface area (Å²) in [6.07, 6.45) is 4.93. The zero-order chi connectivity index (χ0) is 27.2. The molecule has 0 saturated heterocycles.